The first kappa shape index (κ1) is 12.8. The van der Waals surface area contributed by atoms with Gasteiger partial charge in [-0.3, -0.25) is 5.09 Å². The molecule has 1 aromatic rings. The Morgan fingerprint density at radius 1 is 1.53 bits per heavy atom. The van der Waals surface area contributed by atoms with Gasteiger partial charge in [0.1, 0.15) is 11.6 Å². The topological polar surface area (TPSA) is 44.8 Å². The van der Waals surface area contributed by atoms with Crippen LogP contribution in [0.2, 0.25) is 0 Å². The average Bonchev–Trinajstić information content (AvgIpc) is 3.12. The molecule has 1 heterocycles. The van der Waals surface area contributed by atoms with Crippen LogP contribution in [0.1, 0.15) is 18.1 Å². The lowest BCUT2D eigenvalue weighted by molar-refractivity contribution is 0.127. The van der Waals surface area contributed by atoms with E-state index in [0.717, 1.165) is 18.2 Å². The molecule has 0 aliphatic carbocycles. The van der Waals surface area contributed by atoms with E-state index >= 15 is 0 Å². The molecule has 2 N–H and O–H groups in total. The third-order valence-electron chi connectivity index (χ3n) is 2.79. The molecular weight excluding hydrogens is 247 g/mol. The van der Waals surface area contributed by atoms with Crippen LogP contribution in [-0.2, 0) is 4.74 Å². The number of halogens is 2. The monoisotopic (exact) mass is 261 g/mol. The summed E-state index contributed by atoms with van der Waals surface area (Å²) in [4.78, 5) is 0. The number of rotatable bonds is 5. The van der Waals surface area contributed by atoms with Gasteiger partial charge in [0.05, 0.1) is 18.8 Å². The number of aliphatic hydroxyl groups is 1. The molecule has 1 aromatic carbocycles. The lowest BCUT2D eigenvalue weighted by Gasteiger charge is -2.22. The Morgan fingerprint density at radius 3 is 2.82 bits per heavy atom. The van der Waals surface area contributed by atoms with Gasteiger partial charge >= 0.3 is 0 Å². The van der Waals surface area contributed by atoms with Crippen molar-refractivity contribution in [2.45, 2.75) is 24.7 Å². The second-order valence-corrected chi connectivity index (χ2v) is 4.41. The highest BCUT2D eigenvalue weighted by Gasteiger charge is 2.31. The van der Waals surface area contributed by atoms with E-state index in [1.807, 2.05) is 0 Å². The summed E-state index contributed by atoms with van der Waals surface area (Å²) in [6, 6.07) is 2.67. The molecule has 0 saturated carbocycles. The molecule has 94 valence electrons. The summed E-state index contributed by atoms with van der Waals surface area (Å²) in [5, 5.41) is 12.8. The van der Waals surface area contributed by atoms with Crippen molar-refractivity contribution in [2.75, 3.05) is 6.61 Å². The van der Waals surface area contributed by atoms with Crippen LogP contribution in [-0.4, -0.2) is 23.9 Å². The molecule has 1 aliphatic rings. The van der Waals surface area contributed by atoms with Gasteiger partial charge in [-0.2, -0.15) is 0 Å². The van der Waals surface area contributed by atoms with E-state index in [9.17, 15) is 13.9 Å². The minimum absolute atomic E-state index is 0.0365. The van der Waals surface area contributed by atoms with Crippen LogP contribution < -0.4 is 5.09 Å². The zero-order valence-corrected chi connectivity index (χ0v) is 10.2. The van der Waals surface area contributed by atoms with Crippen molar-refractivity contribution in [3.63, 3.8) is 0 Å². The fourth-order valence-corrected chi connectivity index (χ4v) is 2.05. The lowest BCUT2D eigenvalue weighted by atomic mass is 9.99. The summed E-state index contributed by atoms with van der Waals surface area (Å²) in [6.45, 7) is 0.654. The van der Waals surface area contributed by atoms with Crippen molar-refractivity contribution in [2.24, 2.45) is 0 Å². The standard InChI is InChI=1S/C11H14F2NO2P/c12-6-1-2-9(13)8(3-6)11(15)10(14-17)4-7-5-16-7/h1-3,7,10-11,14-15H,4-5,17H2/t7?,10-,11?/m0/s1. The van der Waals surface area contributed by atoms with E-state index < -0.39 is 17.7 Å². The second kappa shape index (κ2) is 5.36. The van der Waals surface area contributed by atoms with Crippen molar-refractivity contribution < 1.29 is 18.6 Å². The van der Waals surface area contributed by atoms with Crippen LogP contribution in [0.4, 0.5) is 8.78 Å². The van der Waals surface area contributed by atoms with Crippen molar-refractivity contribution >= 4 is 9.39 Å². The van der Waals surface area contributed by atoms with Gasteiger partial charge in [-0.1, -0.05) is 9.39 Å². The molecule has 3 nitrogen and oxygen atoms in total. The molecule has 0 radical (unpaired) electrons. The number of epoxide rings is 1. The van der Waals surface area contributed by atoms with E-state index in [4.69, 9.17) is 4.74 Å². The number of hydrogen-bond donors (Lipinski definition) is 2. The Morgan fingerprint density at radius 2 is 2.24 bits per heavy atom. The Labute approximate surface area is 100 Å². The van der Waals surface area contributed by atoms with Gasteiger partial charge in [-0.25, -0.2) is 8.78 Å². The fourth-order valence-electron chi connectivity index (χ4n) is 1.73. The zero-order valence-electron chi connectivity index (χ0n) is 9.07. The summed E-state index contributed by atoms with van der Waals surface area (Å²) in [6.07, 6.45) is -0.451. The lowest BCUT2D eigenvalue weighted by Crippen LogP contribution is -2.30. The van der Waals surface area contributed by atoms with Gasteiger partial charge in [0.25, 0.3) is 0 Å². The molecule has 1 fully saturated rings. The normalized spacial score (nSPS) is 22.2. The summed E-state index contributed by atoms with van der Waals surface area (Å²) in [5.74, 6) is -1.17. The van der Waals surface area contributed by atoms with Crippen LogP contribution in [0.3, 0.4) is 0 Å². The molecule has 17 heavy (non-hydrogen) atoms. The highest BCUT2D eigenvalue weighted by atomic mass is 31.0. The first-order valence-corrected chi connectivity index (χ1v) is 5.90. The maximum absolute atomic E-state index is 13.5. The smallest absolute Gasteiger partial charge is 0.129 e. The molecule has 0 spiro atoms. The largest absolute Gasteiger partial charge is 0.387 e. The SMILES string of the molecule is OC(c1cc(F)ccc1F)[C@H](CC1CO1)NP. The highest BCUT2D eigenvalue weighted by molar-refractivity contribution is 7.13. The second-order valence-electron chi connectivity index (χ2n) is 4.07. The van der Waals surface area contributed by atoms with Gasteiger partial charge < -0.3 is 9.84 Å². The summed E-state index contributed by atoms with van der Waals surface area (Å²) >= 11 is 0. The highest BCUT2D eigenvalue weighted by Crippen LogP contribution is 2.27. The third-order valence-corrected chi connectivity index (χ3v) is 3.22. The van der Waals surface area contributed by atoms with E-state index in [2.05, 4.69) is 14.5 Å². The zero-order chi connectivity index (χ0) is 12.4. The van der Waals surface area contributed by atoms with Crippen LogP contribution in [0, 0.1) is 11.6 Å². The molecule has 0 aromatic heterocycles. The van der Waals surface area contributed by atoms with Crippen LogP contribution in [0.15, 0.2) is 18.2 Å². The van der Waals surface area contributed by atoms with Gasteiger partial charge in [0.15, 0.2) is 0 Å². The average molecular weight is 261 g/mol. The Balaban J connectivity index is 2.14. The number of aliphatic hydroxyl groups excluding tert-OH is 1. The number of hydrogen-bond acceptors (Lipinski definition) is 3. The van der Waals surface area contributed by atoms with Crippen LogP contribution >= 0.6 is 9.39 Å². The number of nitrogens with one attached hydrogen (secondary N) is 1. The summed E-state index contributed by atoms with van der Waals surface area (Å²) in [5.41, 5.74) is -0.0365. The van der Waals surface area contributed by atoms with E-state index in [0.29, 0.717) is 13.0 Å². The fraction of sp³-hybridized carbons (Fsp3) is 0.455. The summed E-state index contributed by atoms with van der Waals surface area (Å²) in [7, 11) is 2.28. The molecule has 3 unspecified atom stereocenters. The van der Waals surface area contributed by atoms with Crippen molar-refractivity contribution in [3.8, 4) is 0 Å². The van der Waals surface area contributed by atoms with Gasteiger partial charge in [0.2, 0.25) is 0 Å². The van der Waals surface area contributed by atoms with Crippen molar-refractivity contribution in [3.05, 3.63) is 35.4 Å². The van der Waals surface area contributed by atoms with E-state index in [1.54, 1.807) is 0 Å². The predicted molar refractivity (Wildman–Crippen MR) is 62.3 cm³/mol. The van der Waals surface area contributed by atoms with Gasteiger partial charge in [-0.15, -0.1) is 0 Å². The van der Waals surface area contributed by atoms with Gasteiger partial charge in [0, 0.05) is 11.6 Å². The Hall–Kier alpha value is -0.610. The van der Waals surface area contributed by atoms with Crippen molar-refractivity contribution in [1.82, 2.24) is 5.09 Å². The molecule has 4 atom stereocenters. The summed E-state index contributed by atoms with van der Waals surface area (Å²) < 4.78 is 31.6. The van der Waals surface area contributed by atoms with E-state index in [1.165, 1.54) is 0 Å². The molecule has 1 saturated heterocycles. The van der Waals surface area contributed by atoms with Crippen LogP contribution in [0.25, 0.3) is 0 Å². The predicted octanol–water partition coefficient (Wildman–Crippen LogP) is 1.54. The van der Waals surface area contributed by atoms with E-state index in [-0.39, 0.29) is 17.7 Å². The Kier molecular flexibility index (Phi) is 4.05. The first-order valence-electron chi connectivity index (χ1n) is 5.32. The molecule has 0 amide bonds. The minimum atomic E-state index is -1.10. The molecule has 1 aliphatic heterocycles. The van der Waals surface area contributed by atoms with Gasteiger partial charge in [-0.05, 0) is 24.6 Å². The quantitative estimate of drug-likeness (QED) is 0.624. The first-order chi connectivity index (χ1) is 8.11. The molecule has 6 heteroatoms. The Bertz CT molecular complexity index is 401. The minimum Gasteiger partial charge on any atom is -0.387 e. The third kappa shape index (κ3) is 3.19. The molecular formula is C11H14F2NO2P. The maximum Gasteiger partial charge on any atom is 0.129 e. The molecule has 2 rings (SSSR count). The van der Waals surface area contributed by atoms with Crippen molar-refractivity contribution in [1.29, 1.82) is 0 Å². The molecule has 0 bridgehead atoms. The number of benzene rings is 1. The number of ether oxygens (including phenoxy) is 1. The maximum atomic E-state index is 13.5. The van der Waals surface area contributed by atoms with Crippen LogP contribution in [0.5, 0.6) is 0 Å².